The van der Waals surface area contributed by atoms with Gasteiger partial charge in [0.1, 0.15) is 0 Å². The van der Waals surface area contributed by atoms with E-state index in [-0.39, 0.29) is 17.8 Å². The molecule has 17 heavy (non-hydrogen) atoms. The van der Waals surface area contributed by atoms with Crippen molar-refractivity contribution in [3.8, 4) is 0 Å². The molecule has 0 aliphatic heterocycles. The molecule has 0 radical (unpaired) electrons. The van der Waals surface area contributed by atoms with E-state index >= 15 is 0 Å². The molecule has 1 unspecified atom stereocenters. The summed E-state index contributed by atoms with van der Waals surface area (Å²) in [5, 5.41) is 11.3. The Kier molecular flexibility index (Phi) is 4.45. The summed E-state index contributed by atoms with van der Waals surface area (Å²) in [5.74, 6) is -1.40. The zero-order chi connectivity index (χ0) is 12.8. The van der Waals surface area contributed by atoms with E-state index in [4.69, 9.17) is 10.8 Å². The maximum absolute atomic E-state index is 11.8. The average molecular weight is 237 g/mol. The molecular weight excluding hydrogens is 222 g/mol. The summed E-state index contributed by atoms with van der Waals surface area (Å²) in [6.07, 6.45) is 1.88. The molecule has 1 rings (SSSR count). The maximum Gasteiger partial charge on any atom is 0.305 e. The Hall–Kier alpha value is -2.11. The Labute approximate surface area is 98.8 Å². The van der Waals surface area contributed by atoms with Gasteiger partial charge in [0.2, 0.25) is 0 Å². The molecule has 1 amide bonds. The van der Waals surface area contributed by atoms with Gasteiger partial charge in [0, 0.05) is 12.2 Å². The summed E-state index contributed by atoms with van der Waals surface area (Å²) in [5.41, 5.74) is 6.00. The van der Waals surface area contributed by atoms with Crippen LogP contribution < -0.4 is 11.1 Å². The second-order valence-corrected chi connectivity index (χ2v) is 3.62. The van der Waals surface area contributed by atoms with E-state index in [2.05, 4.69) is 10.3 Å². The van der Waals surface area contributed by atoms with E-state index < -0.39 is 17.9 Å². The number of nitrogens with two attached hydrogens (primary N) is 1. The van der Waals surface area contributed by atoms with Crippen molar-refractivity contribution >= 4 is 17.6 Å². The van der Waals surface area contributed by atoms with Crippen molar-refractivity contribution in [3.63, 3.8) is 0 Å². The molecule has 92 valence electrons. The normalized spacial score (nSPS) is 11.8. The van der Waals surface area contributed by atoms with Crippen LogP contribution in [-0.2, 0) is 4.79 Å². The number of rotatable bonds is 5. The summed E-state index contributed by atoms with van der Waals surface area (Å²) in [4.78, 5) is 26.2. The predicted molar refractivity (Wildman–Crippen MR) is 62.4 cm³/mol. The molecule has 0 spiro atoms. The van der Waals surface area contributed by atoms with Crippen LogP contribution >= 0.6 is 0 Å². The van der Waals surface area contributed by atoms with E-state index in [1.54, 1.807) is 19.1 Å². The van der Waals surface area contributed by atoms with E-state index in [9.17, 15) is 9.59 Å². The third-order valence-electron chi connectivity index (χ3n) is 2.30. The van der Waals surface area contributed by atoms with Crippen LogP contribution in [0.25, 0.3) is 0 Å². The lowest BCUT2D eigenvalue weighted by Crippen LogP contribution is -2.36. The topological polar surface area (TPSA) is 105 Å². The van der Waals surface area contributed by atoms with Gasteiger partial charge in [-0.15, -0.1) is 0 Å². The standard InChI is InChI=1S/C11H15N3O3/c1-2-7(6-9(15)16)14-11(17)10-8(12)4-3-5-13-10/h3-5,7H,2,6,12H2,1H3,(H,14,17)(H,15,16). The van der Waals surface area contributed by atoms with Gasteiger partial charge in [-0.05, 0) is 18.6 Å². The molecule has 4 N–H and O–H groups in total. The number of anilines is 1. The molecule has 1 aromatic heterocycles. The molecule has 6 nitrogen and oxygen atoms in total. The Bertz CT molecular complexity index is 420. The SMILES string of the molecule is CCC(CC(=O)O)NC(=O)c1ncccc1N. The Morgan fingerprint density at radius 3 is 2.82 bits per heavy atom. The highest BCUT2D eigenvalue weighted by Gasteiger charge is 2.17. The van der Waals surface area contributed by atoms with Crippen LogP contribution in [-0.4, -0.2) is 28.0 Å². The van der Waals surface area contributed by atoms with Gasteiger partial charge in [0.15, 0.2) is 5.69 Å². The first kappa shape index (κ1) is 13.0. The molecular formula is C11H15N3O3. The van der Waals surface area contributed by atoms with Crippen molar-refractivity contribution in [2.24, 2.45) is 0 Å². The Morgan fingerprint density at radius 2 is 2.29 bits per heavy atom. The smallest absolute Gasteiger partial charge is 0.305 e. The van der Waals surface area contributed by atoms with Gasteiger partial charge in [-0.2, -0.15) is 0 Å². The minimum atomic E-state index is -0.953. The number of nitrogen functional groups attached to an aromatic ring is 1. The van der Waals surface area contributed by atoms with Crippen LogP contribution in [0.1, 0.15) is 30.3 Å². The molecule has 1 aromatic rings. The molecule has 0 bridgehead atoms. The van der Waals surface area contributed by atoms with Crippen molar-refractivity contribution in [2.75, 3.05) is 5.73 Å². The molecule has 0 fully saturated rings. The number of carbonyl (C=O) groups is 2. The van der Waals surface area contributed by atoms with Crippen LogP contribution in [0.5, 0.6) is 0 Å². The third kappa shape index (κ3) is 3.75. The first-order chi connectivity index (χ1) is 8.04. The number of carboxylic acid groups (broad SMARTS) is 1. The fraction of sp³-hybridized carbons (Fsp3) is 0.364. The Balaban J connectivity index is 2.71. The van der Waals surface area contributed by atoms with Crippen LogP contribution in [0.3, 0.4) is 0 Å². The van der Waals surface area contributed by atoms with Crippen LogP contribution in [0.2, 0.25) is 0 Å². The quantitative estimate of drug-likeness (QED) is 0.697. The summed E-state index contributed by atoms with van der Waals surface area (Å²) in [6, 6.07) is 2.78. The molecule has 6 heteroatoms. The molecule has 0 aliphatic carbocycles. The highest BCUT2D eigenvalue weighted by Crippen LogP contribution is 2.08. The van der Waals surface area contributed by atoms with Gasteiger partial charge in [0.25, 0.3) is 5.91 Å². The number of amides is 1. The lowest BCUT2D eigenvalue weighted by atomic mass is 10.1. The first-order valence-electron chi connectivity index (χ1n) is 5.27. The number of nitrogens with zero attached hydrogens (tertiary/aromatic N) is 1. The first-order valence-corrected chi connectivity index (χ1v) is 5.27. The average Bonchev–Trinajstić information content (AvgIpc) is 2.27. The number of aliphatic carboxylic acids is 1. The summed E-state index contributed by atoms with van der Waals surface area (Å²) < 4.78 is 0. The zero-order valence-electron chi connectivity index (χ0n) is 9.51. The van der Waals surface area contributed by atoms with E-state index in [0.717, 1.165) is 0 Å². The third-order valence-corrected chi connectivity index (χ3v) is 2.30. The van der Waals surface area contributed by atoms with Crippen molar-refractivity contribution < 1.29 is 14.7 Å². The summed E-state index contributed by atoms with van der Waals surface area (Å²) in [6.45, 7) is 1.80. The maximum atomic E-state index is 11.8. The molecule has 0 saturated carbocycles. The lowest BCUT2D eigenvalue weighted by molar-refractivity contribution is -0.137. The summed E-state index contributed by atoms with van der Waals surface area (Å²) >= 11 is 0. The fourth-order valence-corrected chi connectivity index (χ4v) is 1.37. The molecule has 0 aliphatic rings. The number of aromatic nitrogens is 1. The van der Waals surface area contributed by atoms with E-state index in [1.165, 1.54) is 6.20 Å². The predicted octanol–water partition coefficient (Wildman–Crippen LogP) is 0.647. The van der Waals surface area contributed by atoms with Crippen LogP contribution in [0.15, 0.2) is 18.3 Å². The second-order valence-electron chi connectivity index (χ2n) is 3.62. The molecule has 1 heterocycles. The molecule has 0 saturated heterocycles. The van der Waals surface area contributed by atoms with Gasteiger partial charge in [-0.1, -0.05) is 6.92 Å². The number of hydrogen-bond donors (Lipinski definition) is 3. The van der Waals surface area contributed by atoms with Gasteiger partial charge in [-0.3, -0.25) is 9.59 Å². The van der Waals surface area contributed by atoms with Crippen molar-refractivity contribution in [1.29, 1.82) is 0 Å². The summed E-state index contributed by atoms with van der Waals surface area (Å²) in [7, 11) is 0. The number of pyridine rings is 1. The number of carboxylic acids is 1. The number of carbonyl (C=O) groups excluding carboxylic acids is 1. The van der Waals surface area contributed by atoms with Crippen molar-refractivity contribution in [2.45, 2.75) is 25.8 Å². The molecule has 0 aromatic carbocycles. The van der Waals surface area contributed by atoms with E-state index in [0.29, 0.717) is 6.42 Å². The van der Waals surface area contributed by atoms with Gasteiger partial charge < -0.3 is 16.2 Å². The minimum absolute atomic E-state index is 0.116. The van der Waals surface area contributed by atoms with Crippen molar-refractivity contribution in [1.82, 2.24) is 10.3 Å². The van der Waals surface area contributed by atoms with Gasteiger partial charge in [0.05, 0.1) is 12.1 Å². The number of nitrogens with one attached hydrogen (secondary N) is 1. The van der Waals surface area contributed by atoms with Crippen molar-refractivity contribution in [3.05, 3.63) is 24.0 Å². The fourth-order valence-electron chi connectivity index (χ4n) is 1.37. The zero-order valence-corrected chi connectivity index (χ0v) is 9.51. The Morgan fingerprint density at radius 1 is 1.59 bits per heavy atom. The second kappa shape index (κ2) is 5.83. The number of hydrogen-bond acceptors (Lipinski definition) is 4. The largest absolute Gasteiger partial charge is 0.481 e. The monoisotopic (exact) mass is 237 g/mol. The minimum Gasteiger partial charge on any atom is -0.481 e. The lowest BCUT2D eigenvalue weighted by Gasteiger charge is -2.14. The highest BCUT2D eigenvalue weighted by atomic mass is 16.4. The highest BCUT2D eigenvalue weighted by molar-refractivity contribution is 5.97. The van der Waals surface area contributed by atoms with Crippen LogP contribution in [0.4, 0.5) is 5.69 Å². The molecule has 1 atom stereocenters. The van der Waals surface area contributed by atoms with Gasteiger partial charge in [-0.25, -0.2) is 4.98 Å². The van der Waals surface area contributed by atoms with E-state index in [1.807, 2.05) is 0 Å². The van der Waals surface area contributed by atoms with Gasteiger partial charge >= 0.3 is 5.97 Å². The van der Waals surface area contributed by atoms with Crippen LogP contribution in [0, 0.1) is 0 Å².